The van der Waals surface area contributed by atoms with Crippen molar-refractivity contribution in [3.05, 3.63) is 22.9 Å². The average molecular weight is 373 g/mol. The number of aromatic nitrogens is 2. The van der Waals surface area contributed by atoms with Crippen molar-refractivity contribution >= 4 is 17.2 Å². The molecule has 0 aromatic carbocycles. The summed E-state index contributed by atoms with van der Waals surface area (Å²) < 4.78 is 41.9. The lowest BCUT2D eigenvalue weighted by molar-refractivity contribution is -0.159. The molecule has 9 heteroatoms. The van der Waals surface area contributed by atoms with E-state index in [1.54, 1.807) is 17.0 Å². The summed E-state index contributed by atoms with van der Waals surface area (Å²) >= 11 is 1.26. The van der Waals surface area contributed by atoms with Gasteiger partial charge in [-0.3, -0.25) is 4.79 Å². The normalized spacial score (nSPS) is 15.0. The first-order chi connectivity index (χ1) is 11.7. The molecule has 2 heterocycles. The fraction of sp³-hybridized carbons (Fsp3) is 0.562. The molecule has 136 valence electrons. The molecule has 1 saturated carbocycles. The van der Waals surface area contributed by atoms with Crippen LogP contribution in [0.25, 0.3) is 10.7 Å². The Kier molecular flexibility index (Phi) is 4.86. The Bertz CT molecular complexity index is 750. The van der Waals surface area contributed by atoms with Crippen LogP contribution in [0.4, 0.5) is 13.2 Å². The highest BCUT2D eigenvalue weighted by Crippen LogP contribution is 2.34. The molecular weight excluding hydrogens is 355 g/mol. The van der Waals surface area contributed by atoms with E-state index in [1.807, 2.05) is 13.8 Å². The van der Waals surface area contributed by atoms with E-state index < -0.39 is 12.1 Å². The molecule has 0 saturated heterocycles. The van der Waals surface area contributed by atoms with Crippen molar-refractivity contribution in [3.63, 3.8) is 0 Å². The number of carbonyl (C=O) groups excluding carboxylic acids is 1. The molecule has 1 aliphatic carbocycles. The zero-order valence-electron chi connectivity index (χ0n) is 13.8. The summed E-state index contributed by atoms with van der Waals surface area (Å²) in [6, 6.07) is 3.48. The SMILES string of the molecule is CC(C)N(Cc1ccc(-c2noc(C(F)(F)F)n2)s1)C(=O)CC1CC1. The maximum Gasteiger partial charge on any atom is 0.471 e. The number of nitrogens with zero attached hydrogens (tertiary/aromatic N) is 3. The van der Waals surface area contributed by atoms with Gasteiger partial charge in [0.15, 0.2) is 0 Å². The van der Waals surface area contributed by atoms with Crippen LogP contribution in [0.5, 0.6) is 0 Å². The number of carbonyl (C=O) groups is 1. The van der Waals surface area contributed by atoms with E-state index in [-0.39, 0.29) is 17.8 Å². The van der Waals surface area contributed by atoms with Gasteiger partial charge in [0.1, 0.15) is 0 Å². The summed E-state index contributed by atoms with van der Waals surface area (Å²) in [7, 11) is 0. The minimum Gasteiger partial charge on any atom is -0.335 e. The minimum atomic E-state index is -4.66. The van der Waals surface area contributed by atoms with Gasteiger partial charge in [-0.25, -0.2) is 0 Å². The van der Waals surface area contributed by atoms with E-state index in [9.17, 15) is 18.0 Å². The number of hydrogen-bond donors (Lipinski definition) is 0. The molecule has 1 fully saturated rings. The Morgan fingerprint density at radius 1 is 1.40 bits per heavy atom. The molecule has 0 radical (unpaired) electrons. The first-order valence-corrected chi connectivity index (χ1v) is 8.85. The van der Waals surface area contributed by atoms with Crippen LogP contribution in [0.1, 0.15) is 43.9 Å². The van der Waals surface area contributed by atoms with Crippen LogP contribution < -0.4 is 0 Å². The van der Waals surface area contributed by atoms with Gasteiger partial charge in [-0.15, -0.1) is 11.3 Å². The van der Waals surface area contributed by atoms with E-state index >= 15 is 0 Å². The van der Waals surface area contributed by atoms with E-state index in [2.05, 4.69) is 14.7 Å². The molecule has 1 aliphatic rings. The summed E-state index contributed by atoms with van der Waals surface area (Å²) in [6.07, 6.45) is -1.87. The summed E-state index contributed by atoms with van der Waals surface area (Å²) in [5, 5.41) is 3.39. The van der Waals surface area contributed by atoms with Gasteiger partial charge in [0.05, 0.1) is 11.4 Å². The second kappa shape index (κ2) is 6.78. The molecule has 0 aliphatic heterocycles. The highest BCUT2D eigenvalue weighted by Gasteiger charge is 2.38. The molecule has 1 amide bonds. The zero-order chi connectivity index (χ0) is 18.2. The monoisotopic (exact) mass is 373 g/mol. The summed E-state index contributed by atoms with van der Waals surface area (Å²) in [4.78, 5) is 18.9. The predicted molar refractivity (Wildman–Crippen MR) is 85.6 cm³/mol. The molecule has 0 spiro atoms. The van der Waals surface area contributed by atoms with Crippen LogP contribution in [-0.2, 0) is 17.5 Å². The molecule has 2 aromatic rings. The number of rotatable bonds is 6. The van der Waals surface area contributed by atoms with Gasteiger partial charge in [0.2, 0.25) is 11.7 Å². The topological polar surface area (TPSA) is 59.2 Å². The van der Waals surface area contributed by atoms with E-state index in [4.69, 9.17) is 0 Å². The second-order valence-electron chi connectivity index (χ2n) is 6.45. The Morgan fingerprint density at radius 2 is 2.12 bits per heavy atom. The summed E-state index contributed by atoms with van der Waals surface area (Å²) in [6.45, 7) is 4.33. The van der Waals surface area contributed by atoms with Gasteiger partial charge in [-0.2, -0.15) is 18.2 Å². The number of alkyl halides is 3. The van der Waals surface area contributed by atoms with Crippen molar-refractivity contribution in [1.29, 1.82) is 0 Å². The van der Waals surface area contributed by atoms with Gasteiger partial charge in [0.25, 0.3) is 0 Å². The lowest BCUT2D eigenvalue weighted by Gasteiger charge is -2.26. The molecule has 0 bridgehead atoms. The third-order valence-electron chi connectivity index (χ3n) is 3.98. The molecular formula is C16H18F3N3O2S. The third kappa shape index (κ3) is 4.39. The van der Waals surface area contributed by atoms with Crippen LogP contribution in [0.15, 0.2) is 16.7 Å². The fourth-order valence-electron chi connectivity index (χ4n) is 2.43. The number of halogens is 3. The van der Waals surface area contributed by atoms with E-state index in [1.165, 1.54) is 11.3 Å². The quantitative estimate of drug-likeness (QED) is 0.755. The standard InChI is InChI=1S/C16H18F3N3O2S/c1-9(2)22(13(23)7-10-3-4-10)8-11-5-6-12(25-11)14-20-15(24-21-14)16(17,18)19/h5-6,9-10H,3-4,7-8H2,1-2H3. The van der Waals surface area contributed by atoms with Gasteiger partial charge in [-0.05, 0) is 44.7 Å². The maximum absolute atomic E-state index is 12.5. The zero-order valence-corrected chi connectivity index (χ0v) is 14.7. The molecule has 3 rings (SSSR count). The van der Waals surface area contributed by atoms with Crippen molar-refractivity contribution in [2.45, 2.75) is 51.9 Å². The Labute approximate surface area is 146 Å². The molecule has 5 nitrogen and oxygen atoms in total. The van der Waals surface area contributed by atoms with Crippen LogP contribution >= 0.6 is 11.3 Å². The first-order valence-electron chi connectivity index (χ1n) is 8.03. The van der Waals surface area contributed by atoms with Gasteiger partial charge >= 0.3 is 12.1 Å². The Morgan fingerprint density at radius 3 is 2.68 bits per heavy atom. The van der Waals surface area contributed by atoms with Crippen molar-refractivity contribution in [1.82, 2.24) is 15.0 Å². The Balaban J connectivity index is 1.71. The third-order valence-corrected chi connectivity index (χ3v) is 5.05. The van der Waals surface area contributed by atoms with Gasteiger partial charge in [-0.1, -0.05) is 5.16 Å². The number of thiophene rings is 1. The smallest absolute Gasteiger partial charge is 0.335 e. The largest absolute Gasteiger partial charge is 0.471 e. The maximum atomic E-state index is 12.5. The predicted octanol–water partition coefficient (Wildman–Crippen LogP) is 4.35. The minimum absolute atomic E-state index is 0.0545. The van der Waals surface area contributed by atoms with Crippen LogP contribution in [0.2, 0.25) is 0 Å². The lowest BCUT2D eigenvalue weighted by atomic mass is 10.2. The average Bonchev–Trinajstić information content (AvgIpc) is 3.03. The fourth-order valence-corrected chi connectivity index (χ4v) is 3.37. The lowest BCUT2D eigenvalue weighted by Crippen LogP contribution is -2.36. The highest BCUT2D eigenvalue weighted by molar-refractivity contribution is 7.15. The first kappa shape index (κ1) is 17.9. The Hall–Kier alpha value is -1.90. The van der Waals surface area contributed by atoms with Crippen molar-refractivity contribution in [3.8, 4) is 10.7 Å². The second-order valence-corrected chi connectivity index (χ2v) is 7.62. The van der Waals surface area contributed by atoms with Crippen molar-refractivity contribution < 1.29 is 22.5 Å². The van der Waals surface area contributed by atoms with Crippen molar-refractivity contribution in [2.75, 3.05) is 0 Å². The molecule has 2 aromatic heterocycles. The van der Waals surface area contributed by atoms with Crippen LogP contribution in [-0.4, -0.2) is 27.0 Å². The highest BCUT2D eigenvalue weighted by atomic mass is 32.1. The number of hydrogen-bond acceptors (Lipinski definition) is 5. The summed E-state index contributed by atoms with van der Waals surface area (Å²) in [5.74, 6) is -0.830. The molecule has 0 N–H and O–H groups in total. The molecule has 0 unspecified atom stereocenters. The van der Waals surface area contributed by atoms with Crippen LogP contribution in [0.3, 0.4) is 0 Å². The molecule has 0 atom stereocenters. The van der Waals surface area contributed by atoms with E-state index in [0.29, 0.717) is 23.8 Å². The van der Waals surface area contributed by atoms with Crippen molar-refractivity contribution in [2.24, 2.45) is 5.92 Å². The summed E-state index contributed by atoms with van der Waals surface area (Å²) in [5.41, 5.74) is 0. The number of amides is 1. The van der Waals surface area contributed by atoms with Gasteiger partial charge in [0, 0.05) is 17.3 Å². The van der Waals surface area contributed by atoms with Crippen LogP contribution in [0, 0.1) is 5.92 Å². The van der Waals surface area contributed by atoms with E-state index in [0.717, 1.165) is 17.7 Å². The van der Waals surface area contributed by atoms with Gasteiger partial charge < -0.3 is 9.42 Å². The molecule has 25 heavy (non-hydrogen) atoms.